The topological polar surface area (TPSA) is 113 Å². The van der Waals surface area contributed by atoms with Crippen LogP contribution in [0.25, 0.3) is 0 Å². The predicted octanol–water partition coefficient (Wildman–Crippen LogP) is 4.54. The second-order valence-electron chi connectivity index (χ2n) is 8.66. The van der Waals surface area contributed by atoms with Gasteiger partial charge in [-0.05, 0) is 29.5 Å². The van der Waals surface area contributed by atoms with Gasteiger partial charge in [-0.2, -0.15) is 5.26 Å². The number of rotatable bonds is 3. The summed E-state index contributed by atoms with van der Waals surface area (Å²) in [5.41, 5.74) is 9.26. The molecule has 2 N–H and O–H groups in total. The van der Waals surface area contributed by atoms with Gasteiger partial charge < -0.3 is 5.73 Å². The molecule has 0 radical (unpaired) electrons. The molecule has 1 atom stereocenters. The molecule has 1 heterocycles. The van der Waals surface area contributed by atoms with E-state index >= 15 is 0 Å². The van der Waals surface area contributed by atoms with Gasteiger partial charge in [0, 0.05) is 35.5 Å². The number of carbonyl (C=O) groups excluding carboxylic acids is 1. The van der Waals surface area contributed by atoms with E-state index in [1.807, 2.05) is 49.1 Å². The number of carbonyl (C=O) groups is 1. The highest BCUT2D eigenvalue weighted by atomic mass is 16.6. The van der Waals surface area contributed by atoms with Crippen molar-refractivity contribution in [3.05, 3.63) is 92.9 Å². The highest BCUT2D eigenvalue weighted by molar-refractivity contribution is 6.01. The maximum Gasteiger partial charge on any atom is 0.269 e. The number of allylic oxidation sites excluding steroid dienone is 3. The van der Waals surface area contributed by atoms with E-state index in [0.717, 1.165) is 11.4 Å². The number of nitrogens with two attached hydrogens (primary N) is 1. The van der Waals surface area contributed by atoms with Crippen molar-refractivity contribution in [3.63, 3.8) is 0 Å². The van der Waals surface area contributed by atoms with Crippen molar-refractivity contribution in [2.24, 2.45) is 11.1 Å². The summed E-state index contributed by atoms with van der Waals surface area (Å²) in [7, 11) is 0. The molecule has 2 aromatic carbocycles. The molecule has 7 nitrogen and oxygen atoms in total. The van der Waals surface area contributed by atoms with E-state index in [-0.39, 0.29) is 28.3 Å². The Balaban J connectivity index is 1.96. The van der Waals surface area contributed by atoms with Gasteiger partial charge in [0.25, 0.3) is 5.69 Å². The summed E-state index contributed by atoms with van der Waals surface area (Å²) in [6.07, 6.45) is 0.975. The van der Waals surface area contributed by atoms with Crippen molar-refractivity contribution in [2.75, 3.05) is 4.90 Å². The number of nitro benzene ring substituents is 1. The van der Waals surface area contributed by atoms with Crippen LogP contribution in [-0.2, 0) is 4.79 Å². The van der Waals surface area contributed by atoms with Crippen molar-refractivity contribution < 1.29 is 9.72 Å². The van der Waals surface area contributed by atoms with Crippen LogP contribution in [0.4, 0.5) is 11.4 Å². The van der Waals surface area contributed by atoms with Gasteiger partial charge in [-0.1, -0.05) is 44.2 Å². The zero-order valence-corrected chi connectivity index (χ0v) is 17.3. The Kier molecular flexibility index (Phi) is 4.86. The van der Waals surface area contributed by atoms with Gasteiger partial charge in [-0.3, -0.25) is 19.8 Å². The second-order valence-corrected chi connectivity index (χ2v) is 8.66. The first-order chi connectivity index (χ1) is 14.7. The summed E-state index contributed by atoms with van der Waals surface area (Å²) >= 11 is 0. The van der Waals surface area contributed by atoms with E-state index in [1.165, 1.54) is 12.1 Å². The first-order valence-corrected chi connectivity index (χ1v) is 9.99. The summed E-state index contributed by atoms with van der Waals surface area (Å²) in [6, 6.07) is 17.6. The third-order valence-electron chi connectivity index (χ3n) is 5.83. The summed E-state index contributed by atoms with van der Waals surface area (Å²) < 4.78 is 0. The maximum absolute atomic E-state index is 13.4. The normalized spacial score (nSPS) is 20.4. The van der Waals surface area contributed by atoms with E-state index in [4.69, 9.17) is 5.73 Å². The zero-order valence-electron chi connectivity index (χ0n) is 17.3. The summed E-state index contributed by atoms with van der Waals surface area (Å²) in [5.74, 6) is -0.401. The molecular formula is C24H22N4O3. The van der Waals surface area contributed by atoms with Crippen molar-refractivity contribution in [3.8, 4) is 6.07 Å². The molecule has 2 aromatic rings. The molecule has 0 unspecified atom stereocenters. The Hall–Kier alpha value is -3.92. The van der Waals surface area contributed by atoms with E-state index in [2.05, 4.69) is 6.07 Å². The molecular weight excluding hydrogens is 392 g/mol. The SMILES string of the molecule is CC1(C)CC(=O)C2=C(C1)N(c1ccccc1)C(N)=C(C#N)[C@H]2c1ccc([N+](=O)[O-])cc1. The molecule has 1 aliphatic carbocycles. The lowest BCUT2D eigenvalue weighted by Crippen LogP contribution is -2.42. The van der Waals surface area contributed by atoms with Crippen LogP contribution in [-0.4, -0.2) is 10.7 Å². The fourth-order valence-corrected chi connectivity index (χ4v) is 4.50. The van der Waals surface area contributed by atoms with Crippen LogP contribution >= 0.6 is 0 Å². The molecule has 0 fully saturated rings. The monoisotopic (exact) mass is 414 g/mol. The number of hydrogen-bond acceptors (Lipinski definition) is 6. The molecule has 4 rings (SSSR count). The smallest absolute Gasteiger partial charge is 0.269 e. The van der Waals surface area contributed by atoms with Crippen molar-refractivity contribution in [1.82, 2.24) is 0 Å². The number of non-ortho nitro benzene ring substituents is 1. The number of benzene rings is 2. The molecule has 0 bridgehead atoms. The second kappa shape index (κ2) is 7.40. The van der Waals surface area contributed by atoms with Gasteiger partial charge in [-0.15, -0.1) is 0 Å². The Morgan fingerprint density at radius 1 is 1.13 bits per heavy atom. The lowest BCUT2D eigenvalue weighted by atomic mass is 9.68. The van der Waals surface area contributed by atoms with E-state index < -0.39 is 10.8 Å². The number of Topliss-reactive ketones (excluding diaryl/α,β-unsaturated/α-hetero) is 1. The Labute approximate surface area is 180 Å². The predicted molar refractivity (Wildman–Crippen MR) is 117 cm³/mol. The molecule has 7 heteroatoms. The zero-order chi connectivity index (χ0) is 22.3. The van der Waals surface area contributed by atoms with Crippen LogP contribution < -0.4 is 10.6 Å². The van der Waals surface area contributed by atoms with Crippen LogP contribution in [0.1, 0.15) is 38.2 Å². The quantitative estimate of drug-likeness (QED) is 0.583. The minimum atomic E-state index is -0.649. The molecule has 0 saturated heterocycles. The molecule has 1 aliphatic heterocycles. The molecule has 0 aromatic heterocycles. The number of para-hydroxylation sites is 1. The summed E-state index contributed by atoms with van der Waals surface area (Å²) in [5, 5.41) is 21.1. The Bertz CT molecular complexity index is 1170. The van der Waals surface area contributed by atoms with Crippen LogP contribution in [0, 0.1) is 26.9 Å². The van der Waals surface area contributed by atoms with E-state index in [1.54, 1.807) is 12.1 Å². The summed E-state index contributed by atoms with van der Waals surface area (Å²) in [4.78, 5) is 25.8. The first-order valence-electron chi connectivity index (χ1n) is 9.99. The van der Waals surface area contributed by atoms with Gasteiger partial charge in [0.15, 0.2) is 5.78 Å². The highest BCUT2D eigenvalue weighted by Crippen LogP contribution is 2.50. The third kappa shape index (κ3) is 3.46. The first kappa shape index (κ1) is 20.4. The Morgan fingerprint density at radius 3 is 2.35 bits per heavy atom. The summed E-state index contributed by atoms with van der Waals surface area (Å²) in [6.45, 7) is 4.08. The van der Waals surface area contributed by atoms with Gasteiger partial charge in [0.2, 0.25) is 0 Å². The number of nitrogens with zero attached hydrogens (tertiary/aromatic N) is 3. The highest BCUT2D eigenvalue weighted by Gasteiger charge is 2.44. The third-order valence-corrected chi connectivity index (χ3v) is 5.83. The van der Waals surface area contributed by atoms with E-state index in [9.17, 15) is 20.2 Å². The minimum Gasteiger partial charge on any atom is -0.384 e. The molecule has 0 saturated carbocycles. The number of nitriles is 1. The standard InChI is InChI=1S/C24H22N4O3/c1-24(2)12-19-22(20(29)13-24)21(15-8-10-17(11-9-15)28(30)31)18(14-25)23(26)27(19)16-6-4-3-5-7-16/h3-11,21H,12-13,26H2,1-2H3/t21-/m1/s1. The van der Waals surface area contributed by atoms with E-state index in [0.29, 0.717) is 24.0 Å². The minimum absolute atomic E-state index is 0.0317. The lowest BCUT2D eigenvalue weighted by Gasteiger charge is -2.43. The molecule has 0 spiro atoms. The number of nitro groups is 1. The maximum atomic E-state index is 13.4. The van der Waals surface area contributed by atoms with Crippen LogP contribution in [0.3, 0.4) is 0 Å². The molecule has 2 aliphatic rings. The molecule has 156 valence electrons. The Morgan fingerprint density at radius 2 is 1.77 bits per heavy atom. The molecule has 31 heavy (non-hydrogen) atoms. The number of hydrogen-bond donors (Lipinski definition) is 1. The van der Waals surface area contributed by atoms with Crippen LogP contribution in [0.15, 0.2) is 77.3 Å². The number of anilines is 1. The van der Waals surface area contributed by atoms with Crippen molar-refractivity contribution in [2.45, 2.75) is 32.6 Å². The molecule has 0 amide bonds. The van der Waals surface area contributed by atoms with Gasteiger partial charge in [0.1, 0.15) is 5.82 Å². The fraction of sp³-hybridized carbons (Fsp3) is 0.250. The van der Waals surface area contributed by atoms with Crippen molar-refractivity contribution in [1.29, 1.82) is 5.26 Å². The van der Waals surface area contributed by atoms with Crippen LogP contribution in [0.5, 0.6) is 0 Å². The fourth-order valence-electron chi connectivity index (χ4n) is 4.50. The van der Waals surface area contributed by atoms with Gasteiger partial charge in [-0.25, -0.2) is 0 Å². The van der Waals surface area contributed by atoms with Crippen LogP contribution in [0.2, 0.25) is 0 Å². The number of ketones is 1. The average molecular weight is 414 g/mol. The van der Waals surface area contributed by atoms with Crippen molar-refractivity contribution >= 4 is 17.2 Å². The lowest BCUT2D eigenvalue weighted by molar-refractivity contribution is -0.384. The average Bonchev–Trinajstić information content (AvgIpc) is 2.73. The van der Waals surface area contributed by atoms with Gasteiger partial charge in [0.05, 0.1) is 22.5 Å². The van der Waals surface area contributed by atoms with Gasteiger partial charge >= 0.3 is 0 Å². The largest absolute Gasteiger partial charge is 0.384 e.